The van der Waals surface area contributed by atoms with Crippen molar-refractivity contribution in [1.82, 2.24) is 9.30 Å². The lowest BCUT2D eigenvalue weighted by atomic mass is 10.1. The molecule has 0 amide bonds. The summed E-state index contributed by atoms with van der Waals surface area (Å²) >= 11 is 0. The van der Waals surface area contributed by atoms with Gasteiger partial charge in [0.25, 0.3) is 0 Å². The molecule has 2 heterocycles. The molecule has 0 radical (unpaired) electrons. The first kappa shape index (κ1) is 15.3. The third kappa shape index (κ3) is 3.31. The Labute approximate surface area is 124 Å². The van der Waals surface area contributed by atoms with E-state index in [0.717, 1.165) is 5.52 Å². The highest BCUT2D eigenvalue weighted by molar-refractivity contribution is 6.07. The maximum atomic E-state index is 12.5. The summed E-state index contributed by atoms with van der Waals surface area (Å²) in [4.78, 5) is 26.5. The second-order valence-corrected chi connectivity index (χ2v) is 5.10. The highest BCUT2D eigenvalue weighted by atomic mass is 16.5. The van der Waals surface area contributed by atoms with Crippen molar-refractivity contribution in [3.8, 4) is 0 Å². The second kappa shape index (κ2) is 6.54. The summed E-state index contributed by atoms with van der Waals surface area (Å²) in [5.74, 6) is -0.507. The molecule has 0 bridgehead atoms. The van der Waals surface area contributed by atoms with Crippen LogP contribution in [0.25, 0.3) is 5.52 Å². The van der Waals surface area contributed by atoms with E-state index in [1.165, 1.54) is 0 Å². The largest absolute Gasteiger partial charge is 0.462 e. The Morgan fingerprint density at radius 2 is 2.05 bits per heavy atom. The minimum atomic E-state index is -0.450. The van der Waals surface area contributed by atoms with Crippen LogP contribution < -0.4 is 0 Å². The van der Waals surface area contributed by atoms with Crippen LogP contribution in [0.2, 0.25) is 0 Å². The lowest BCUT2D eigenvalue weighted by molar-refractivity contribution is 0.0523. The average Bonchev–Trinajstić information content (AvgIpc) is 2.84. The van der Waals surface area contributed by atoms with Crippen molar-refractivity contribution in [2.24, 2.45) is 0 Å². The molecule has 0 spiro atoms. The fraction of sp³-hybridized carbons (Fsp3) is 0.375. The van der Waals surface area contributed by atoms with Crippen LogP contribution in [0.3, 0.4) is 0 Å². The Morgan fingerprint density at radius 3 is 2.71 bits per heavy atom. The van der Waals surface area contributed by atoms with Crippen LogP contribution in [-0.4, -0.2) is 48.3 Å². The van der Waals surface area contributed by atoms with Gasteiger partial charge in [-0.05, 0) is 39.2 Å². The van der Waals surface area contributed by atoms with Crippen LogP contribution in [0, 0.1) is 0 Å². The van der Waals surface area contributed by atoms with Crippen LogP contribution in [0.1, 0.15) is 34.2 Å². The maximum Gasteiger partial charge on any atom is 0.340 e. The van der Waals surface area contributed by atoms with Crippen molar-refractivity contribution in [3.63, 3.8) is 0 Å². The summed E-state index contributed by atoms with van der Waals surface area (Å²) in [6.07, 6.45) is 2.15. The monoisotopic (exact) mass is 288 g/mol. The van der Waals surface area contributed by atoms with E-state index in [-0.39, 0.29) is 12.4 Å². The normalized spacial score (nSPS) is 11.0. The van der Waals surface area contributed by atoms with Crippen LogP contribution in [0.4, 0.5) is 0 Å². The van der Waals surface area contributed by atoms with Gasteiger partial charge in [0.05, 0.1) is 12.2 Å². The number of Topliss-reactive ketones (excluding diaryl/α,β-unsaturated/α-hetero) is 1. The van der Waals surface area contributed by atoms with E-state index in [9.17, 15) is 9.59 Å². The molecule has 0 aliphatic rings. The molecule has 0 atom stereocenters. The Kier molecular flexibility index (Phi) is 4.75. The fourth-order valence-electron chi connectivity index (χ4n) is 2.22. The smallest absolute Gasteiger partial charge is 0.340 e. The minimum absolute atomic E-state index is 0.0575. The molecule has 2 rings (SSSR count). The van der Waals surface area contributed by atoms with Gasteiger partial charge in [-0.2, -0.15) is 0 Å². The van der Waals surface area contributed by atoms with Gasteiger partial charge < -0.3 is 14.0 Å². The quantitative estimate of drug-likeness (QED) is 0.604. The van der Waals surface area contributed by atoms with Gasteiger partial charge in [0, 0.05) is 24.7 Å². The molecular weight excluding hydrogens is 268 g/mol. The number of hydrogen-bond acceptors (Lipinski definition) is 4. The molecule has 0 saturated carbocycles. The zero-order valence-electron chi connectivity index (χ0n) is 12.6. The topological polar surface area (TPSA) is 51.0 Å². The molecule has 0 aliphatic heterocycles. The van der Waals surface area contributed by atoms with Crippen molar-refractivity contribution in [3.05, 3.63) is 41.7 Å². The van der Waals surface area contributed by atoms with E-state index in [1.54, 1.807) is 23.6 Å². The molecule has 21 heavy (non-hydrogen) atoms. The van der Waals surface area contributed by atoms with Gasteiger partial charge in [0.15, 0.2) is 5.78 Å². The SMILES string of the molecule is CCOC(=O)c1cc2ccccn2c1C(=O)CCN(C)C. The summed E-state index contributed by atoms with van der Waals surface area (Å²) in [7, 11) is 3.82. The lowest BCUT2D eigenvalue weighted by Gasteiger charge is -2.09. The number of ether oxygens (including phenoxy) is 1. The van der Waals surface area contributed by atoms with E-state index >= 15 is 0 Å². The molecule has 2 aromatic rings. The zero-order valence-corrected chi connectivity index (χ0v) is 12.6. The summed E-state index contributed by atoms with van der Waals surface area (Å²) in [6.45, 7) is 2.68. The van der Waals surface area contributed by atoms with Crippen LogP contribution in [0.5, 0.6) is 0 Å². The van der Waals surface area contributed by atoms with Gasteiger partial charge >= 0.3 is 5.97 Å². The van der Waals surface area contributed by atoms with Gasteiger partial charge in [-0.15, -0.1) is 0 Å². The third-order valence-corrected chi connectivity index (χ3v) is 3.23. The molecule has 5 nitrogen and oxygen atoms in total. The van der Waals surface area contributed by atoms with Gasteiger partial charge in [-0.3, -0.25) is 4.79 Å². The maximum absolute atomic E-state index is 12.5. The molecule has 0 N–H and O–H groups in total. The predicted molar refractivity (Wildman–Crippen MR) is 80.9 cm³/mol. The Hall–Kier alpha value is -2.14. The highest BCUT2D eigenvalue weighted by Crippen LogP contribution is 2.19. The second-order valence-electron chi connectivity index (χ2n) is 5.10. The van der Waals surface area contributed by atoms with E-state index in [1.807, 2.05) is 37.2 Å². The lowest BCUT2D eigenvalue weighted by Crippen LogP contribution is -2.19. The highest BCUT2D eigenvalue weighted by Gasteiger charge is 2.22. The van der Waals surface area contributed by atoms with Gasteiger partial charge in [0.2, 0.25) is 0 Å². The summed E-state index contributed by atoms with van der Waals surface area (Å²) < 4.78 is 6.81. The molecule has 0 fully saturated rings. The third-order valence-electron chi connectivity index (χ3n) is 3.23. The van der Waals surface area contributed by atoms with Gasteiger partial charge in [-0.25, -0.2) is 4.79 Å². The van der Waals surface area contributed by atoms with Crippen molar-refractivity contribution in [2.75, 3.05) is 27.2 Å². The Morgan fingerprint density at radius 1 is 1.29 bits per heavy atom. The number of fused-ring (bicyclic) bond motifs is 1. The Bertz CT molecular complexity index is 659. The number of carbonyl (C=O) groups excluding carboxylic acids is 2. The number of carbonyl (C=O) groups is 2. The standard InChI is InChI=1S/C16H20N2O3/c1-4-21-16(20)13-11-12-7-5-6-9-18(12)15(13)14(19)8-10-17(2)3/h5-7,9,11H,4,8,10H2,1-3H3. The van der Waals surface area contributed by atoms with Crippen molar-refractivity contribution in [2.45, 2.75) is 13.3 Å². The molecule has 5 heteroatoms. The Balaban J connectivity index is 2.45. The number of aromatic nitrogens is 1. The summed E-state index contributed by atoms with van der Waals surface area (Å²) in [5.41, 5.74) is 1.56. The van der Waals surface area contributed by atoms with E-state index in [4.69, 9.17) is 4.74 Å². The first-order valence-electron chi connectivity index (χ1n) is 6.99. The number of ketones is 1. The number of esters is 1. The number of nitrogens with zero attached hydrogens (tertiary/aromatic N) is 2. The predicted octanol–water partition coefficient (Wildman–Crippen LogP) is 2.25. The molecule has 0 aliphatic carbocycles. The summed E-state index contributed by atoms with van der Waals surface area (Å²) in [6, 6.07) is 7.29. The van der Waals surface area contributed by atoms with Crippen molar-refractivity contribution >= 4 is 17.3 Å². The molecule has 112 valence electrons. The molecule has 0 aromatic carbocycles. The first-order chi connectivity index (χ1) is 10.0. The number of rotatable bonds is 6. The summed E-state index contributed by atoms with van der Waals surface area (Å²) in [5, 5.41) is 0. The van der Waals surface area contributed by atoms with Crippen molar-refractivity contribution < 1.29 is 14.3 Å². The van der Waals surface area contributed by atoms with Crippen LogP contribution in [0.15, 0.2) is 30.5 Å². The molecular formula is C16H20N2O3. The number of pyridine rings is 1. The van der Waals surface area contributed by atoms with Crippen LogP contribution in [-0.2, 0) is 4.74 Å². The average molecular weight is 288 g/mol. The first-order valence-corrected chi connectivity index (χ1v) is 6.99. The fourth-order valence-corrected chi connectivity index (χ4v) is 2.22. The van der Waals surface area contributed by atoms with E-state index in [0.29, 0.717) is 24.2 Å². The zero-order chi connectivity index (χ0) is 15.4. The van der Waals surface area contributed by atoms with Gasteiger partial charge in [0.1, 0.15) is 5.69 Å². The molecule has 2 aromatic heterocycles. The van der Waals surface area contributed by atoms with E-state index in [2.05, 4.69) is 0 Å². The van der Waals surface area contributed by atoms with Crippen LogP contribution >= 0.6 is 0 Å². The van der Waals surface area contributed by atoms with Crippen molar-refractivity contribution in [1.29, 1.82) is 0 Å². The van der Waals surface area contributed by atoms with E-state index < -0.39 is 5.97 Å². The van der Waals surface area contributed by atoms with Gasteiger partial charge in [-0.1, -0.05) is 6.07 Å². The minimum Gasteiger partial charge on any atom is -0.462 e. The number of hydrogen-bond donors (Lipinski definition) is 0. The molecule has 0 unspecified atom stereocenters. The molecule has 0 saturated heterocycles.